The van der Waals surface area contributed by atoms with Gasteiger partial charge >= 0.3 is 5.97 Å². The first kappa shape index (κ1) is 23.7. The highest BCUT2D eigenvalue weighted by molar-refractivity contribution is 5.94. The maximum absolute atomic E-state index is 12.6. The maximum Gasteiger partial charge on any atom is 0.307 e. The van der Waals surface area contributed by atoms with Gasteiger partial charge in [0, 0.05) is 17.5 Å². The second kappa shape index (κ2) is 10.1. The van der Waals surface area contributed by atoms with Crippen molar-refractivity contribution in [3.63, 3.8) is 0 Å². The van der Waals surface area contributed by atoms with E-state index >= 15 is 0 Å². The smallest absolute Gasteiger partial charge is 0.307 e. The van der Waals surface area contributed by atoms with E-state index in [0.717, 1.165) is 23.3 Å². The topological polar surface area (TPSA) is 86.8 Å². The van der Waals surface area contributed by atoms with Crippen LogP contribution in [0.1, 0.15) is 71.1 Å². The summed E-state index contributed by atoms with van der Waals surface area (Å²) in [5.74, 6) is 0.0703. The molecule has 0 fully saturated rings. The molecule has 0 aliphatic carbocycles. The number of hydrogen-bond acceptors (Lipinski definition) is 6. The van der Waals surface area contributed by atoms with Crippen LogP contribution in [-0.4, -0.2) is 22.5 Å². The third kappa shape index (κ3) is 6.07. The van der Waals surface area contributed by atoms with E-state index in [1.54, 1.807) is 39.1 Å². The number of aromatic nitrogens is 1. The number of carbonyl (C=O) groups excluding carboxylic acids is 2. The number of carbonyl (C=O) groups is 2. The number of pyridine rings is 1. The normalized spacial score (nSPS) is 16.2. The maximum atomic E-state index is 12.6. The van der Waals surface area contributed by atoms with Crippen LogP contribution in [0.25, 0.3) is 0 Å². The summed E-state index contributed by atoms with van der Waals surface area (Å²) < 4.78 is 17.2. The lowest BCUT2D eigenvalue weighted by Crippen LogP contribution is -2.29. The van der Waals surface area contributed by atoms with Gasteiger partial charge in [0.2, 0.25) is 11.8 Å². The van der Waals surface area contributed by atoms with Crippen molar-refractivity contribution in [1.29, 1.82) is 0 Å². The first-order valence-electron chi connectivity index (χ1n) is 11.1. The Morgan fingerprint density at radius 2 is 2.00 bits per heavy atom. The van der Waals surface area contributed by atoms with E-state index in [2.05, 4.69) is 17.2 Å². The molecule has 3 rings (SSSR count). The number of anilines is 1. The predicted octanol–water partition coefficient (Wildman–Crippen LogP) is 5.55. The van der Waals surface area contributed by atoms with Crippen LogP contribution in [0.15, 0.2) is 36.5 Å². The number of esters is 1. The SMILES string of the molecule is CCC1OCc2cccc(Oc3ccc(NC(=O)[C@@H](CC)CC(=O)OC(C)(C)C)cn3)c21. The van der Waals surface area contributed by atoms with Crippen molar-refractivity contribution in [2.24, 2.45) is 5.92 Å². The largest absolute Gasteiger partial charge is 0.460 e. The van der Waals surface area contributed by atoms with Crippen LogP contribution in [0.3, 0.4) is 0 Å². The number of rotatable bonds is 8. The quantitative estimate of drug-likeness (QED) is 0.542. The van der Waals surface area contributed by atoms with Crippen molar-refractivity contribution in [2.75, 3.05) is 5.32 Å². The molecular weight excluding hydrogens is 408 g/mol. The molecule has 1 aromatic carbocycles. The lowest BCUT2D eigenvalue weighted by molar-refractivity contribution is -0.157. The highest BCUT2D eigenvalue weighted by atomic mass is 16.6. The molecule has 7 heteroatoms. The second-order valence-corrected chi connectivity index (χ2v) is 8.91. The molecule has 1 aliphatic rings. The molecule has 1 N–H and O–H groups in total. The molecule has 32 heavy (non-hydrogen) atoms. The minimum Gasteiger partial charge on any atom is -0.460 e. The van der Waals surface area contributed by atoms with E-state index in [-0.39, 0.29) is 24.4 Å². The van der Waals surface area contributed by atoms with Gasteiger partial charge < -0.3 is 19.5 Å². The van der Waals surface area contributed by atoms with E-state index in [4.69, 9.17) is 14.2 Å². The first-order valence-corrected chi connectivity index (χ1v) is 11.1. The van der Waals surface area contributed by atoms with E-state index in [0.29, 0.717) is 24.6 Å². The highest BCUT2D eigenvalue weighted by Crippen LogP contribution is 2.40. The van der Waals surface area contributed by atoms with E-state index < -0.39 is 11.5 Å². The molecule has 0 saturated heterocycles. The molecule has 172 valence electrons. The van der Waals surface area contributed by atoms with Gasteiger partial charge in [0.05, 0.1) is 31.0 Å². The predicted molar refractivity (Wildman–Crippen MR) is 121 cm³/mol. The van der Waals surface area contributed by atoms with E-state index in [1.807, 2.05) is 25.1 Å². The molecule has 1 aromatic heterocycles. The Morgan fingerprint density at radius 1 is 1.22 bits per heavy atom. The summed E-state index contributed by atoms with van der Waals surface area (Å²) in [4.78, 5) is 29.0. The van der Waals surface area contributed by atoms with Crippen LogP contribution in [0, 0.1) is 5.92 Å². The number of hydrogen-bond donors (Lipinski definition) is 1. The van der Waals surface area contributed by atoms with Gasteiger partial charge in [-0.3, -0.25) is 9.59 Å². The molecular formula is C25H32N2O5. The number of nitrogens with one attached hydrogen (secondary N) is 1. The summed E-state index contributed by atoms with van der Waals surface area (Å²) in [7, 11) is 0. The standard InChI is InChI=1S/C25H32N2O5/c1-6-16(13-22(28)32-25(3,4)5)24(29)27-18-11-12-21(26-14-18)31-20-10-8-9-17-15-30-19(7-2)23(17)20/h8-12,14,16,19H,6-7,13,15H2,1-5H3,(H,27,29)/t16-,19?/m0/s1. The number of amides is 1. The van der Waals surface area contributed by atoms with Gasteiger partial charge in [-0.15, -0.1) is 0 Å². The summed E-state index contributed by atoms with van der Waals surface area (Å²) in [6.07, 6.45) is 3.00. The third-order valence-electron chi connectivity index (χ3n) is 5.20. The third-order valence-corrected chi connectivity index (χ3v) is 5.20. The van der Waals surface area contributed by atoms with Crippen molar-refractivity contribution < 1.29 is 23.8 Å². The minimum absolute atomic E-state index is 0.0238. The molecule has 0 spiro atoms. The average molecular weight is 441 g/mol. The summed E-state index contributed by atoms with van der Waals surface area (Å²) in [6.45, 7) is 9.96. The Labute approximate surface area is 189 Å². The van der Waals surface area contributed by atoms with Crippen LogP contribution < -0.4 is 10.1 Å². The van der Waals surface area contributed by atoms with Crippen LogP contribution in [0.5, 0.6) is 11.6 Å². The van der Waals surface area contributed by atoms with E-state index in [1.165, 1.54) is 0 Å². The second-order valence-electron chi connectivity index (χ2n) is 8.91. The van der Waals surface area contributed by atoms with Crippen molar-refractivity contribution in [3.8, 4) is 11.6 Å². The fourth-order valence-electron chi connectivity index (χ4n) is 3.64. The molecule has 0 radical (unpaired) electrons. The van der Waals surface area contributed by atoms with Gasteiger partial charge in [0.1, 0.15) is 11.4 Å². The summed E-state index contributed by atoms with van der Waals surface area (Å²) in [5.41, 5.74) is 2.17. The number of nitrogens with zero attached hydrogens (tertiary/aromatic N) is 1. The van der Waals surface area contributed by atoms with Crippen LogP contribution in [0.2, 0.25) is 0 Å². The summed E-state index contributed by atoms with van der Waals surface area (Å²) >= 11 is 0. The molecule has 7 nitrogen and oxygen atoms in total. The highest BCUT2D eigenvalue weighted by Gasteiger charge is 2.26. The van der Waals surface area contributed by atoms with Gasteiger partial charge in [-0.25, -0.2) is 4.98 Å². The van der Waals surface area contributed by atoms with Gasteiger partial charge in [-0.2, -0.15) is 0 Å². The van der Waals surface area contributed by atoms with Gasteiger partial charge in [0.25, 0.3) is 0 Å². The molecule has 1 amide bonds. The Hall–Kier alpha value is -2.93. The Morgan fingerprint density at radius 3 is 2.62 bits per heavy atom. The lowest BCUT2D eigenvalue weighted by atomic mass is 10.0. The molecule has 2 atom stereocenters. The molecule has 2 heterocycles. The number of fused-ring (bicyclic) bond motifs is 1. The zero-order valence-electron chi connectivity index (χ0n) is 19.4. The van der Waals surface area contributed by atoms with Crippen molar-refractivity contribution in [1.82, 2.24) is 4.98 Å². The van der Waals surface area contributed by atoms with Crippen molar-refractivity contribution >= 4 is 17.6 Å². The van der Waals surface area contributed by atoms with E-state index in [9.17, 15) is 9.59 Å². The molecule has 0 saturated carbocycles. The van der Waals surface area contributed by atoms with Gasteiger partial charge in [-0.1, -0.05) is 26.0 Å². The van der Waals surface area contributed by atoms with Gasteiger partial charge in [-0.05, 0) is 51.3 Å². The Bertz CT molecular complexity index is 950. The molecule has 1 aliphatic heterocycles. The monoisotopic (exact) mass is 440 g/mol. The van der Waals surface area contributed by atoms with Crippen LogP contribution in [-0.2, 0) is 25.7 Å². The fraction of sp³-hybridized carbons (Fsp3) is 0.480. The summed E-state index contributed by atoms with van der Waals surface area (Å²) in [5, 5.41) is 2.83. The van der Waals surface area contributed by atoms with Gasteiger partial charge in [0.15, 0.2) is 0 Å². The summed E-state index contributed by atoms with van der Waals surface area (Å²) in [6, 6.07) is 9.35. The van der Waals surface area contributed by atoms with Crippen LogP contribution >= 0.6 is 0 Å². The Kier molecular flexibility index (Phi) is 7.51. The Balaban J connectivity index is 1.62. The number of benzene rings is 1. The zero-order chi connectivity index (χ0) is 23.3. The average Bonchev–Trinajstić information content (AvgIpc) is 3.16. The lowest BCUT2D eigenvalue weighted by Gasteiger charge is -2.21. The first-order chi connectivity index (χ1) is 15.2. The zero-order valence-corrected chi connectivity index (χ0v) is 19.4. The number of ether oxygens (including phenoxy) is 3. The van der Waals surface area contributed by atoms with Crippen molar-refractivity contribution in [3.05, 3.63) is 47.7 Å². The molecule has 2 aromatic rings. The minimum atomic E-state index is -0.576. The fourth-order valence-corrected chi connectivity index (χ4v) is 3.64. The molecule has 1 unspecified atom stereocenters. The van der Waals surface area contributed by atoms with Crippen molar-refractivity contribution in [2.45, 2.75) is 72.2 Å². The molecule has 0 bridgehead atoms. The van der Waals surface area contributed by atoms with Crippen LogP contribution in [0.4, 0.5) is 5.69 Å².